The van der Waals surface area contributed by atoms with E-state index >= 15 is 0 Å². The number of carbonyl (C=O) groups is 2. The van der Waals surface area contributed by atoms with Crippen LogP contribution in [0.3, 0.4) is 0 Å². The highest BCUT2D eigenvalue weighted by atomic mass is 32.2. The molecule has 0 heterocycles. The molecule has 0 aliphatic rings. The Morgan fingerprint density at radius 2 is 1.45 bits per heavy atom. The maximum Gasteiger partial charge on any atom is 0.335 e. The molecule has 0 radical (unpaired) electrons. The minimum atomic E-state index is -3.77. The van der Waals surface area contributed by atoms with Crippen LogP contribution in [0.15, 0.2) is 77.7 Å². The van der Waals surface area contributed by atoms with Crippen LogP contribution < -0.4 is 10.0 Å². The monoisotopic (exact) mass is 438 g/mol. The fraction of sp³-hybridized carbons (Fsp3) is 0.130. The number of hydrogen-bond acceptors (Lipinski definition) is 4. The highest BCUT2D eigenvalue weighted by molar-refractivity contribution is 7.92. The van der Waals surface area contributed by atoms with E-state index in [4.69, 9.17) is 0 Å². The topological polar surface area (TPSA) is 113 Å². The van der Waals surface area contributed by atoms with Gasteiger partial charge in [-0.3, -0.25) is 9.52 Å². The third-order valence-electron chi connectivity index (χ3n) is 4.62. The fourth-order valence-electron chi connectivity index (χ4n) is 3.10. The minimum absolute atomic E-state index is 0.0796. The van der Waals surface area contributed by atoms with Crippen molar-refractivity contribution in [1.82, 2.24) is 0 Å². The van der Waals surface area contributed by atoms with Crippen molar-refractivity contribution in [1.29, 1.82) is 0 Å². The molecule has 0 saturated heterocycles. The second-order valence-corrected chi connectivity index (χ2v) is 8.65. The van der Waals surface area contributed by atoms with Crippen molar-refractivity contribution < 1.29 is 23.1 Å². The molecule has 31 heavy (non-hydrogen) atoms. The van der Waals surface area contributed by atoms with Crippen LogP contribution in [0.25, 0.3) is 0 Å². The highest BCUT2D eigenvalue weighted by Gasteiger charge is 2.14. The summed E-state index contributed by atoms with van der Waals surface area (Å²) >= 11 is 0. The van der Waals surface area contributed by atoms with Gasteiger partial charge in [0.2, 0.25) is 5.91 Å². The van der Waals surface area contributed by atoms with E-state index in [1.54, 1.807) is 42.5 Å². The average Bonchev–Trinajstić information content (AvgIpc) is 2.73. The van der Waals surface area contributed by atoms with Gasteiger partial charge in [0.25, 0.3) is 10.0 Å². The lowest BCUT2D eigenvalue weighted by Crippen LogP contribution is -2.13. The van der Waals surface area contributed by atoms with Gasteiger partial charge in [-0.05, 0) is 66.4 Å². The van der Waals surface area contributed by atoms with Crippen molar-refractivity contribution in [3.05, 3.63) is 89.5 Å². The van der Waals surface area contributed by atoms with Crippen LogP contribution >= 0.6 is 0 Å². The van der Waals surface area contributed by atoms with Crippen molar-refractivity contribution >= 4 is 33.3 Å². The first-order valence-corrected chi connectivity index (χ1v) is 11.0. The molecule has 7 nitrogen and oxygen atoms in total. The SMILES string of the molecule is CC(=O)Nc1ccc(S(=O)(=O)Nc2ccc(CCc3ccccc3C(=O)O)cc2)cc1. The maximum absolute atomic E-state index is 12.6. The molecule has 3 aromatic carbocycles. The van der Waals surface area contributed by atoms with Crippen molar-refractivity contribution in [3.8, 4) is 0 Å². The summed E-state index contributed by atoms with van der Waals surface area (Å²) in [5.74, 6) is -1.19. The number of carbonyl (C=O) groups excluding carboxylic acids is 1. The zero-order valence-corrected chi connectivity index (χ0v) is 17.6. The number of sulfonamides is 1. The summed E-state index contributed by atoms with van der Waals surface area (Å²) < 4.78 is 27.7. The fourth-order valence-corrected chi connectivity index (χ4v) is 4.16. The molecule has 8 heteroatoms. The van der Waals surface area contributed by atoms with E-state index in [9.17, 15) is 23.1 Å². The third-order valence-corrected chi connectivity index (χ3v) is 6.02. The zero-order valence-electron chi connectivity index (χ0n) is 16.8. The van der Waals surface area contributed by atoms with Crippen molar-refractivity contribution in [2.24, 2.45) is 0 Å². The van der Waals surface area contributed by atoms with E-state index in [0.717, 1.165) is 11.1 Å². The Labute approximate surface area is 180 Å². The summed E-state index contributed by atoms with van der Waals surface area (Å²) in [5, 5.41) is 11.9. The van der Waals surface area contributed by atoms with Gasteiger partial charge in [0.05, 0.1) is 10.5 Å². The summed E-state index contributed by atoms with van der Waals surface area (Å²) in [6.45, 7) is 1.38. The van der Waals surface area contributed by atoms with Gasteiger partial charge >= 0.3 is 5.97 Å². The second-order valence-electron chi connectivity index (χ2n) is 6.97. The quantitative estimate of drug-likeness (QED) is 0.493. The molecular formula is C23H22N2O5S. The summed E-state index contributed by atoms with van der Waals surface area (Å²) in [5.41, 5.74) is 2.93. The lowest BCUT2D eigenvalue weighted by molar-refractivity contribution is -0.114. The Morgan fingerprint density at radius 3 is 2.06 bits per heavy atom. The standard InChI is InChI=1S/C23H22N2O5S/c1-16(26)24-19-12-14-21(15-13-19)31(29,30)25-20-10-7-17(8-11-20)6-9-18-4-2-3-5-22(18)23(27)28/h2-5,7-8,10-15,25H,6,9H2,1H3,(H,24,26)(H,27,28). The van der Waals surface area contributed by atoms with Gasteiger partial charge in [0, 0.05) is 18.3 Å². The molecule has 0 saturated carbocycles. The molecule has 0 atom stereocenters. The molecule has 0 unspecified atom stereocenters. The number of amides is 1. The van der Waals surface area contributed by atoms with Crippen LogP contribution in [0.2, 0.25) is 0 Å². The maximum atomic E-state index is 12.6. The second kappa shape index (κ2) is 9.44. The van der Waals surface area contributed by atoms with E-state index in [2.05, 4.69) is 10.0 Å². The summed E-state index contributed by atoms with van der Waals surface area (Å²) in [4.78, 5) is 22.5. The molecule has 0 aliphatic carbocycles. The van der Waals surface area contributed by atoms with Crippen LogP contribution in [0, 0.1) is 0 Å². The first-order chi connectivity index (χ1) is 14.7. The van der Waals surface area contributed by atoms with Crippen LogP contribution in [-0.4, -0.2) is 25.4 Å². The predicted molar refractivity (Wildman–Crippen MR) is 119 cm³/mol. The molecule has 1 amide bonds. The minimum Gasteiger partial charge on any atom is -0.478 e. The number of anilines is 2. The Hall–Kier alpha value is -3.65. The van der Waals surface area contributed by atoms with E-state index in [1.807, 2.05) is 6.07 Å². The Bertz CT molecular complexity index is 1190. The molecule has 0 bridgehead atoms. The van der Waals surface area contributed by atoms with Gasteiger partial charge in [-0.25, -0.2) is 13.2 Å². The molecule has 0 fully saturated rings. The van der Waals surface area contributed by atoms with Gasteiger partial charge in [-0.2, -0.15) is 0 Å². The zero-order chi connectivity index (χ0) is 22.4. The molecule has 3 rings (SSSR count). The molecular weight excluding hydrogens is 416 g/mol. The van der Waals surface area contributed by atoms with E-state index < -0.39 is 16.0 Å². The predicted octanol–water partition coefficient (Wildman–Crippen LogP) is 3.93. The first kappa shape index (κ1) is 22.0. The number of carboxylic acid groups (broad SMARTS) is 1. The number of hydrogen-bond donors (Lipinski definition) is 3. The van der Waals surface area contributed by atoms with Gasteiger partial charge in [-0.15, -0.1) is 0 Å². The number of benzene rings is 3. The van der Waals surface area contributed by atoms with Gasteiger partial charge < -0.3 is 10.4 Å². The molecule has 0 spiro atoms. The van der Waals surface area contributed by atoms with Gasteiger partial charge in [-0.1, -0.05) is 30.3 Å². The highest BCUT2D eigenvalue weighted by Crippen LogP contribution is 2.20. The number of aryl methyl sites for hydroxylation is 2. The molecule has 160 valence electrons. The van der Waals surface area contributed by atoms with Crippen LogP contribution in [-0.2, 0) is 27.7 Å². The van der Waals surface area contributed by atoms with Crippen molar-refractivity contribution in [2.75, 3.05) is 10.0 Å². The smallest absolute Gasteiger partial charge is 0.335 e. The molecule has 0 aromatic heterocycles. The number of aromatic carboxylic acids is 1. The van der Waals surface area contributed by atoms with E-state index in [0.29, 0.717) is 24.2 Å². The van der Waals surface area contributed by atoms with E-state index in [-0.39, 0.29) is 16.4 Å². The average molecular weight is 439 g/mol. The molecule has 0 aliphatic heterocycles. The lowest BCUT2D eigenvalue weighted by Gasteiger charge is -2.10. The number of carboxylic acids is 1. The van der Waals surface area contributed by atoms with Crippen LogP contribution in [0.4, 0.5) is 11.4 Å². The molecule has 3 N–H and O–H groups in total. The Balaban J connectivity index is 1.65. The normalized spacial score (nSPS) is 11.0. The summed E-state index contributed by atoms with van der Waals surface area (Å²) in [6, 6.07) is 19.7. The first-order valence-electron chi connectivity index (χ1n) is 9.55. The number of rotatable bonds is 8. The third kappa shape index (κ3) is 5.93. The Kier molecular flexibility index (Phi) is 6.71. The molecule has 3 aromatic rings. The van der Waals surface area contributed by atoms with Crippen molar-refractivity contribution in [3.63, 3.8) is 0 Å². The number of nitrogens with one attached hydrogen (secondary N) is 2. The Morgan fingerprint density at radius 1 is 0.839 bits per heavy atom. The summed E-state index contributed by atoms with van der Waals surface area (Å²) in [7, 11) is -3.77. The largest absolute Gasteiger partial charge is 0.478 e. The van der Waals surface area contributed by atoms with Gasteiger partial charge in [0.1, 0.15) is 0 Å². The van der Waals surface area contributed by atoms with Crippen molar-refractivity contribution in [2.45, 2.75) is 24.7 Å². The lowest BCUT2D eigenvalue weighted by atomic mass is 10.00. The van der Waals surface area contributed by atoms with Crippen LogP contribution in [0.5, 0.6) is 0 Å². The van der Waals surface area contributed by atoms with Gasteiger partial charge in [0.15, 0.2) is 0 Å². The summed E-state index contributed by atoms with van der Waals surface area (Å²) in [6.07, 6.45) is 1.19. The van der Waals surface area contributed by atoms with E-state index in [1.165, 1.54) is 31.2 Å². The van der Waals surface area contributed by atoms with Crippen LogP contribution in [0.1, 0.15) is 28.4 Å².